The first-order chi connectivity index (χ1) is 12.0. The second kappa shape index (κ2) is 7.16. The number of nitrogens with one attached hydrogen (secondary N) is 1. The van der Waals surface area contributed by atoms with Crippen LogP contribution in [-0.2, 0) is 6.54 Å². The highest BCUT2D eigenvalue weighted by Crippen LogP contribution is 2.19. The van der Waals surface area contributed by atoms with E-state index in [1.807, 2.05) is 6.07 Å². The molecule has 0 unspecified atom stereocenters. The van der Waals surface area contributed by atoms with Crippen LogP contribution in [-0.4, -0.2) is 15.7 Å². The summed E-state index contributed by atoms with van der Waals surface area (Å²) < 4.78 is 14.7. The van der Waals surface area contributed by atoms with Crippen LogP contribution in [0, 0.1) is 17.1 Å². The van der Waals surface area contributed by atoms with Crippen LogP contribution in [0.2, 0.25) is 5.02 Å². The number of anilines is 1. The van der Waals surface area contributed by atoms with Crippen molar-refractivity contribution in [2.24, 2.45) is 0 Å². The van der Waals surface area contributed by atoms with Crippen molar-refractivity contribution in [3.63, 3.8) is 0 Å². The van der Waals surface area contributed by atoms with E-state index in [4.69, 9.17) is 16.9 Å². The van der Waals surface area contributed by atoms with E-state index < -0.39 is 5.82 Å². The summed E-state index contributed by atoms with van der Waals surface area (Å²) in [5, 5.41) is 16.1. The number of carbonyl (C=O) groups is 1. The van der Waals surface area contributed by atoms with Gasteiger partial charge in [-0.25, -0.2) is 4.39 Å². The molecule has 1 heterocycles. The molecule has 5 nitrogen and oxygen atoms in total. The lowest BCUT2D eigenvalue weighted by atomic mass is 10.1. The van der Waals surface area contributed by atoms with Crippen LogP contribution in [0.15, 0.2) is 54.9 Å². The molecule has 0 atom stereocenters. The SMILES string of the molecule is N#Cc1cccc(C(=O)Nc2cnn(Cc3ccc(F)cc3Cl)c2)c1. The summed E-state index contributed by atoms with van der Waals surface area (Å²) >= 11 is 6.00. The van der Waals surface area contributed by atoms with E-state index in [1.54, 1.807) is 35.1 Å². The van der Waals surface area contributed by atoms with Gasteiger partial charge in [-0.1, -0.05) is 23.7 Å². The van der Waals surface area contributed by atoms with E-state index in [1.165, 1.54) is 24.4 Å². The maximum Gasteiger partial charge on any atom is 0.255 e. The van der Waals surface area contributed by atoms with Gasteiger partial charge in [-0.05, 0) is 35.9 Å². The van der Waals surface area contributed by atoms with E-state index in [2.05, 4.69) is 10.4 Å². The van der Waals surface area contributed by atoms with Gasteiger partial charge in [-0.3, -0.25) is 9.48 Å². The van der Waals surface area contributed by atoms with Crippen molar-refractivity contribution in [3.05, 3.63) is 82.4 Å². The zero-order valence-electron chi connectivity index (χ0n) is 12.9. The molecule has 0 spiro atoms. The molecule has 2 aromatic carbocycles. The highest BCUT2D eigenvalue weighted by atomic mass is 35.5. The van der Waals surface area contributed by atoms with E-state index in [0.29, 0.717) is 33.9 Å². The minimum atomic E-state index is -0.401. The zero-order chi connectivity index (χ0) is 17.8. The fraction of sp³-hybridized carbons (Fsp3) is 0.0556. The smallest absolute Gasteiger partial charge is 0.255 e. The molecule has 0 aliphatic heterocycles. The van der Waals surface area contributed by atoms with Crippen LogP contribution in [0.5, 0.6) is 0 Å². The summed E-state index contributed by atoms with van der Waals surface area (Å²) in [6, 6.07) is 12.6. The first kappa shape index (κ1) is 16.7. The predicted molar refractivity (Wildman–Crippen MR) is 91.8 cm³/mol. The number of rotatable bonds is 4. The number of hydrogen-bond acceptors (Lipinski definition) is 3. The van der Waals surface area contributed by atoms with Crippen molar-refractivity contribution in [3.8, 4) is 6.07 Å². The predicted octanol–water partition coefficient (Wildman–Crippen LogP) is 3.85. The number of carbonyl (C=O) groups excluding carboxylic acids is 1. The van der Waals surface area contributed by atoms with Crippen molar-refractivity contribution < 1.29 is 9.18 Å². The Morgan fingerprint density at radius 2 is 2.16 bits per heavy atom. The highest BCUT2D eigenvalue weighted by molar-refractivity contribution is 6.31. The maximum atomic E-state index is 13.1. The minimum Gasteiger partial charge on any atom is -0.319 e. The molecular weight excluding hydrogens is 343 g/mol. The summed E-state index contributed by atoms with van der Waals surface area (Å²) in [7, 11) is 0. The number of amides is 1. The molecule has 1 N–H and O–H groups in total. The lowest BCUT2D eigenvalue weighted by Gasteiger charge is -2.05. The summed E-state index contributed by atoms with van der Waals surface area (Å²) in [6.45, 7) is 0.346. The molecular formula is C18H12ClFN4O. The number of nitrogens with zero attached hydrogens (tertiary/aromatic N) is 3. The molecule has 0 saturated carbocycles. The van der Waals surface area contributed by atoms with Gasteiger partial charge in [0.05, 0.1) is 30.1 Å². The normalized spacial score (nSPS) is 10.3. The Balaban J connectivity index is 1.71. The molecule has 0 fully saturated rings. The molecule has 0 saturated heterocycles. The van der Waals surface area contributed by atoms with Crippen LogP contribution in [0.1, 0.15) is 21.5 Å². The third-order valence-electron chi connectivity index (χ3n) is 3.49. The van der Waals surface area contributed by atoms with E-state index in [9.17, 15) is 9.18 Å². The Labute approximate surface area is 148 Å². The molecule has 0 radical (unpaired) electrons. The zero-order valence-corrected chi connectivity index (χ0v) is 13.7. The Hall–Kier alpha value is -3.17. The molecule has 1 aromatic heterocycles. The fourth-order valence-electron chi connectivity index (χ4n) is 2.27. The molecule has 3 rings (SSSR count). The lowest BCUT2D eigenvalue weighted by molar-refractivity contribution is 0.102. The van der Waals surface area contributed by atoms with Gasteiger partial charge in [-0.2, -0.15) is 10.4 Å². The second-order valence-electron chi connectivity index (χ2n) is 5.31. The van der Waals surface area contributed by atoms with Gasteiger partial charge in [0, 0.05) is 16.8 Å². The number of nitriles is 1. The monoisotopic (exact) mass is 354 g/mol. The van der Waals surface area contributed by atoms with Crippen LogP contribution in [0.25, 0.3) is 0 Å². The van der Waals surface area contributed by atoms with Crippen LogP contribution in [0.3, 0.4) is 0 Å². The average molecular weight is 355 g/mol. The Bertz CT molecular complexity index is 977. The maximum absolute atomic E-state index is 13.1. The number of benzene rings is 2. The quantitative estimate of drug-likeness (QED) is 0.773. The van der Waals surface area contributed by atoms with Gasteiger partial charge >= 0.3 is 0 Å². The standard InChI is InChI=1S/C18H12ClFN4O/c19-17-7-15(20)5-4-14(17)10-24-11-16(9-22-24)23-18(25)13-3-1-2-12(6-13)8-21/h1-7,9,11H,10H2,(H,23,25). The van der Waals surface area contributed by atoms with Crippen molar-refractivity contribution in [1.29, 1.82) is 5.26 Å². The third kappa shape index (κ3) is 4.03. The van der Waals surface area contributed by atoms with Crippen molar-refractivity contribution in [1.82, 2.24) is 9.78 Å². The average Bonchev–Trinajstić information content (AvgIpc) is 3.04. The van der Waals surface area contributed by atoms with Crippen LogP contribution >= 0.6 is 11.6 Å². The number of halogens is 2. The summed E-state index contributed by atoms with van der Waals surface area (Å²) in [5.41, 5.74) is 2.01. The summed E-state index contributed by atoms with van der Waals surface area (Å²) in [5.74, 6) is -0.738. The van der Waals surface area contributed by atoms with Crippen molar-refractivity contribution in [2.75, 3.05) is 5.32 Å². The molecule has 3 aromatic rings. The fourth-order valence-corrected chi connectivity index (χ4v) is 2.50. The Morgan fingerprint density at radius 3 is 2.92 bits per heavy atom. The highest BCUT2D eigenvalue weighted by Gasteiger charge is 2.09. The molecule has 0 aliphatic rings. The summed E-state index contributed by atoms with van der Waals surface area (Å²) in [4.78, 5) is 12.2. The van der Waals surface area contributed by atoms with Gasteiger partial charge in [0.2, 0.25) is 0 Å². The van der Waals surface area contributed by atoms with Crippen LogP contribution in [0.4, 0.5) is 10.1 Å². The summed E-state index contributed by atoms with van der Waals surface area (Å²) in [6.07, 6.45) is 3.15. The van der Waals surface area contributed by atoms with E-state index in [0.717, 1.165) is 0 Å². The molecule has 0 bridgehead atoms. The van der Waals surface area contributed by atoms with Gasteiger partial charge < -0.3 is 5.32 Å². The van der Waals surface area contributed by atoms with E-state index >= 15 is 0 Å². The molecule has 25 heavy (non-hydrogen) atoms. The topological polar surface area (TPSA) is 70.7 Å². The number of aromatic nitrogens is 2. The molecule has 124 valence electrons. The molecule has 0 aliphatic carbocycles. The van der Waals surface area contributed by atoms with E-state index in [-0.39, 0.29) is 5.91 Å². The minimum absolute atomic E-state index is 0.314. The first-order valence-electron chi connectivity index (χ1n) is 7.33. The van der Waals surface area contributed by atoms with Gasteiger partial charge in [0.25, 0.3) is 5.91 Å². The molecule has 7 heteroatoms. The van der Waals surface area contributed by atoms with Gasteiger partial charge in [0.1, 0.15) is 5.82 Å². The van der Waals surface area contributed by atoms with Gasteiger partial charge in [0.15, 0.2) is 0 Å². The van der Waals surface area contributed by atoms with Crippen molar-refractivity contribution in [2.45, 2.75) is 6.54 Å². The largest absolute Gasteiger partial charge is 0.319 e. The number of hydrogen-bond donors (Lipinski definition) is 1. The van der Waals surface area contributed by atoms with Gasteiger partial charge in [-0.15, -0.1) is 0 Å². The third-order valence-corrected chi connectivity index (χ3v) is 3.84. The molecule has 1 amide bonds. The Kier molecular flexibility index (Phi) is 4.78. The van der Waals surface area contributed by atoms with Crippen LogP contribution < -0.4 is 5.32 Å². The second-order valence-corrected chi connectivity index (χ2v) is 5.72. The van der Waals surface area contributed by atoms with Crippen molar-refractivity contribution >= 4 is 23.2 Å². The Morgan fingerprint density at radius 1 is 1.32 bits per heavy atom. The lowest BCUT2D eigenvalue weighted by Crippen LogP contribution is -2.11. The first-order valence-corrected chi connectivity index (χ1v) is 7.71.